The van der Waals surface area contributed by atoms with Gasteiger partial charge in [-0.15, -0.1) is 12.4 Å². The van der Waals surface area contributed by atoms with Crippen LogP contribution < -0.4 is 11.1 Å². The van der Waals surface area contributed by atoms with E-state index < -0.39 is 36.2 Å². The van der Waals surface area contributed by atoms with E-state index in [2.05, 4.69) is 5.32 Å². The van der Waals surface area contributed by atoms with Gasteiger partial charge < -0.3 is 15.8 Å². The highest BCUT2D eigenvalue weighted by Crippen LogP contribution is 2.35. The third-order valence-electron chi connectivity index (χ3n) is 3.96. The second-order valence-electron chi connectivity index (χ2n) is 5.45. The van der Waals surface area contributed by atoms with Gasteiger partial charge in [-0.25, -0.2) is 13.2 Å². The molecule has 0 aromatic heterocycles. The summed E-state index contributed by atoms with van der Waals surface area (Å²) in [7, 11) is 0. The minimum atomic E-state index is -3.16. The lowest BCUT2D eigenvalue weighted by Gasteiger charge is -2.36. The number of alkyl halides is 2. The average Bonchev–Trinajstić information content (AvgIpc) is 2.53. The Hall–Kier alpha value is -1.31. The Morgan fingerprint density at radius 1 is 1.35 bits per heavy atom. The van der Waals surface area contributed by atoms with Gasteiger partial charge in [0.25, 0.3) is 5.92 Å². The smallest absolute Gasteiger partial charge is 0.277 e. The second kappa shape index (κ2) is 7.99. The van der Waals surface area contributed by atoms with E-state index in [-0.39, 0.29) is 12.4 Å². The Bertz CT molecular complexity index is 537. The number of nitrogens with two attached hydrogens (primary N) is 1. The molecule has 2 rings (SSSR count). The number of rotatable bonds is 5. The van der Waals surface area contributed by atoms with E-state index in [1.165, 1.54) is 18.2 Å². The fraction of sp³-hybridized carbons (Fsp3) is 0.533. The fourth-order valence-corrected chi connectivity index (χ4v) is 2.60. The molecule has 1 amide bonds. The molecule has 0 spiro atoms. The number of benzene rings is 1. The summed E-state index contributed by atoms with van der Waals surface area (Å²) in [4.78, 5) is 12.5. The first-order valence-corrected chi connectivity index (χ1v) is 7.10. The Kier molecular flexibility index (Phi) is 6.85. The number of amides is 1. The van der Waals surface area contributed by atoms with Crippen molar-refractivity contribution in [3.05, 3.63) is 35.6 Å². The van der Waals surface area contributed by atoms with Crippen LogP contribution in [0.15, 0.2) is 24.3 Å². The molecule has 0 bridgehead atoms. The van der Waals surface area contributed by atoms with Crippen molar-refractivity contribution in [3.63, 3.8) is 0 Å². The molecular weight excluding hydrogens is 333 g/mol. The van der Waals surface area contributed by atoms with E-state index in [1.54, 1.807) is 6.07 Å². The summed E-state index contributed by atoms with van der Waals surface area (Å²) in [6, 6.07) is 5.68. The summed E-state index contributed by atoms with van der Waals surface area (Å²) in [6.07, 6.45) is 0.632. The molecule has 23 heavy (non-hydrogen) atoms. The molecule has 0 unspecified atom stereocenters. The van der Waals surface area contributed by atoms with Gasteiger partial charge in [0, 0.05) is 13.2 Å². The first kappa shape index (κ1) is 19.7. The normalized spacial score (nSPS) is 17.2. The van der Waals surface area contributed by atoms with Gasteiger partial charge in [0.05, 0.1) is 18.5 Å². The predicted octanol–water partition coefficient (Wildman–Crippen LogP) is 2.01. The summed E-state index contributed by atoms with van der Waals surface area (Å²) >= 11 is 0. The Labute approximate surface area is 139 Å². The molecule has 1 aromatic carbocycles. The minimum absolute atomic E-state index is 0. The van der Waals surface area contributed by atoms with Crippen LogP contribution in [0.2, 0.25) is 0 Å². The molecule has 3 N–H and O–H groups in total. The van der Waals surface area contributed by atoms with E-state index in [1.807, 2.05) is 0 Å². The Balaban J connectivity index is 0.00000264. The average molecular weight is 353 g/mol. The van der Waals surface area contributed by atoms with Crippen LogP contribution >= 0.6 is 12.4 Å². The zero-order valence-corrected chi connectivity index (χ0v) is 13.3. The molecule has 4 nitrogen and oxygen atoms in total. The van der Waals surface area contributed by atoms with Gasteiger partial charge in [-0.3, -0.25) is 4.79 Å². The number of ether oxygens (including phenoxy) is 1. The lowest BCUT2D eigenvalue weighted by Crippen LogP contribution is -2.51. The van der Waals surface area contributed by atoms with Crippen molar-refractivity contribution < 1.29 is 22.7 Å². The topological polar surface area (TPSA) is 64.3 Å². The second-order valence-corrected chi connectivity index (χ2v) is 5.45. The fourth-order valence-electron chi connectivity index (χ4n) is 2.60. The summed E-state index contributed by atoms with van der Waals surface area (Å²) in [5, 5.41) is 2.26. The molecular formula is C15H20ClF3N2O2. The van der Waals surface area contributed by atoms with Gasteiger partial charge in [0.2, 0.25) is 5.91 Å². The third kappa shape index (κ3) is 4.59. The van der Waals surface area contributed by atoms with Crippen molar-refractivity contribution in [1.29, 1.82) is 0 Å². The largest absolute Gasteiger partial charge is 0.381 e. The summed E-state index contributed by atoms with van der Waals surface area (Å²) in [5.74, 6) is -4.18. The quantitative estimate of drug-likeness (QED) is 0.852. The third-order valence-corrected chi connectivity index (χ3v) is 3.96. The van der Waals surface area contributed by atoms with Crippen LogP contribution in [0, 0.1) is 5.82 Å². The number of hydrogen-bond donors (Lipinski definition) is 2. The van der Waals surface area contributed by atoms with E-state index >= 15 is 0 Å². The summed E-state index contributed by atoms with van der Waals surface area (Å²) in [6.45, 7) is -1.04. The molecule has 1 saturated heterocycles. The van der Waals surface area contributed by atoms with Crippen LogP contribution in [-0.4, -0.2) is 38.1 Å². The van der Waals surface area contributed by atoms with Crippen molar-refractivity contribution in [1.82, 2.24) is 5.32 Å². The van der Waals surface area contributed by atoms with Crippen molar-refractivity contribution in [2.45, 2.75) is 24.2 Å². The zero-order chi connectivity index (χ0) is 16.2. The molecule has 0 radical (unpaired) electrons. The lowest BCUT2D eigenvalue weighted by molar-refractivity contribution is -0.132. The lowest BCUT2D eigenvalue weighted by atomic mass is 9.73. The highest BCUT2D eigenvalue weighted by atomic mass is 35.5. The number of carbonyl (C=O) groups excluding carboxylic acids is 1. The molecule has 0 atom stereocenters. The van der Waals surface area contributed by atoms with Crippen molar-refractivity contribution in [2.75, 3.05) is 26.3 Å². The Morgan fingerprint density at radius 3 is 2.57 bits per heavy atom. The highest BCUT2D eigenvalue weighted by Gasteiger charge is 2.42. The first-order valence-electron chi connectivity index (χ1n) is 7.10. The van der Waals surface area contributed by atoms with Gasteiger partial charge in [-0.2, -0.15) is 0 Å². The molecule has 1 aromatic rings. The first-order chi connectivity index (χ1) is 10.4. The van der Waals surface area contributed by atoms with Gasteiger partial charge in [-0.1, -0.05) is 12.1 Å². The predicted molar refractivity (Wildman–Crippen MR) is 82.4 cm³/mol. The van der Waals surface area contributed by atoms with E-state index in [0.717, 1.165) is 0 Å². The van der Waals surface area contributed by atoms with Crippen LogP contribution in [0.25, 0.3) is 0 Å². The standard InChI is InChI=1S/C15H19F3N2O2.ClH/c16-12-3-1-2-11(8-12)14(4-6-22-7-5-14)13(21)20-10-15(17,18)9-19;/h1-3,8H,4-7,9-10,19H2,(H,20,21);1H. The SMILES string of the molecule is Cl.NCC(F)(F)CNC(=O)C1(c2cccc(F)c2)CCOCC1. The molecule has 8 heteroatoms. The summed E-state index contributed by atoms with van der Waals surface area (Å²) < 4.78 is 45.2. The van der Waals surface area contributed by atoms with Crippen molar-refractivity contribution >= 4 is 18.3 Å². The molecule has 0 saturated carbocycles. The van der Waals surface area contributed by atoms with Crippen molar-refractivity contribution in [2.24, 2.45) is 5.73 Å². The van der Waals surface area contributed by atoms with Crippen molar-refractivity contribution in [3.8, 4) is 0 Å². The highest BCUT2D eigenvalue weighted by molar-refractivity contribution is 5.88. The van der Waals surface area contributed by atoms with E-state index in [0.29, 0.717) is 31.6 Å². The molecule has 0 aliphatic carbocycles. The molecule has 1 aliphatic heterocycles. The molecule has 1 heterocycles. The number of halogens is 4. The maximum absolute atomic E-state index is 13.5. The summed E-state index contributed by atoms with van der Waals surface area (Å²) in [5.41, 5.74) is 4.39. The maximum atomic E-state index is 13.5. The number of nitrogens with one attached hydrogen (secondary N) is 1. The van der Waals surface area contributed by atoms with Crippen LogP contribution in [0.3, 0.4) is 0 Å². The zero-order valence-electron chi connectivity index (χ0n) is 12.5. The molecule has 1 aliphatic rings. The number of hydrogen-bond acceptors (Lipinski definition) is 3. The van der Waals surface area contributed by atoms with Crippen LogP contribution in [0.1, 0.15) is 18.4 Å². The Morgan fingerprint density at radius 2 is 2.00 bits per heavy atom. The van der Waals surface area contributed by atoms with E-state index in [4.69, 9.17) is 10.5 Å². The molecule has 130 valence electrons. The minimum Gasteiger partial charge on any atom is -0.381 e. The van der Waals surface area contributed by atoms with Gasteiger partial charge in [0.15, 0.2) is 0 Å². The van der Waals surface area contributed by atoms with Crippen LogP contribution in [-0.2, 0) is 14.9 Å². The van der Waals surface area contributed by atoms with Gasteiger partial charge in [-0.05, 0) is 30.5 Å². The van der Waals surface area contributed by atoms with E-state index in [9.17, 15) is 18.0 Å². The van der Waals surface area contributed by atoms with Gasteiger partial charge in [0.1, 0.15) is 5.82 Å². The van der Waals surface area contributed by atoms with Crippen LogP contribution in [0.4, 0.5) is 13.2 Å². The maximum Gasteiger partial charge on any atom is 0.277 e. The number of carbonyl (C=O) groups is 1. The van der Waals surface area contributed by atoms with Crippen LogP contribution in [0.5, 0.6) is 0 Å². The monoisotopic (exact) mass is 352 g/mol. The molecule has 1 fully saturated rings. The van der Waals surface area contributed by atoms with Gasteiger partial charge >= 0.3 is 0 Å².